The summed E-state index contributed by atoms with van der Waals surface area (Å²) < 4.78 is 29.1. The van der Waals surface area contributed by atoms with Gasteiger partial charge in [0.15, 0.2) is 21.3 Å². The summed E-state index contributed by atoms with van der Waals surface area (Å²) in [4.78, 5) is 4.43. The molecule has 0 saturated heterocycles. The Morgan fingerprint density at radius 2 is 2.17 bits per heavy atom. The first-order valence-electron chi connectivity index (χ1n) is 5.69. The van der Waals surface area contributed by atoms with Crippen molar-refractivity contribution in [1.29, 1.82) is 0 Å². The van der Waals surface area contributed by atoms with E-state index in [2.05, 4.69) is 20.9 Å². The van der Waals surface area contributed by atoms with Gasteiger partial charge in [-0.3, -0.25) is 0 Å². The molecular formula is C12H12BrNO3S. The number of halogens is 1. The van der Waals surface area contributed by atoms with E-state index < -0.39 is 9.84 Å². The van der Waals surface area contributed by atoms with Crippen LogP contribution in [0.15, 0.2) is 21.0 Å². The second-order valence-electron chi connectivity index (χ2n) is 4.82. The lowest BCUT2D eigenvalue weighted by molar-refractivity contribution is 0.532. The predicted octanol–water partition coefficient (Wildman–Crippen LogP) is 3.01. The van der Waals surface area contributed by atoms with Crippen LogP contribution in [0, 0.1) is 0 Å². The van der Waals surface area contributed by atoms with Gasteiger partial charge in [-0.25, -0.2) is 13.4 Å². The predicted molar refractivity (Wildman–Crippen MR) is 72.2 cm³/mol. The summed E-state index contributed by atoms with van der Waals surface area (Å²) in [5, 5.41) is 0. The lowest BCUT2D eigenvalue weighted by Gasteiger charge is -2.00. The highest BCUT2D eigenvalue weighted by molar-refractivity contribution is 9.10. The number of oxazole rings is 1. The molecule has 0 bridgehead atoms. The van der Waals surface area contributed by atoms with E-state index in [1.54, 1.807) is 12.1 Å². The van der Waals surface area contributed by atoms with Crippen molar-refractivity contribution in [3.05, 3.63) is 28.1 Å². The van der Waals surface area contributed by atoms with Crippen molar-refractivity contribution >= 4 is 36.9 Å². The second kappa shape index (κ2) is 4.06. The highest BCUT2D eigenvalue weighted by Crippen LogP contribution is 2.41. The number of rotatable bonds is 3. The lowest BCUT2D eigenvalue weighted by atomic mass is 10.2. The number of nitrogens with zero attached hydrogens (tertiary/aromatic N) is 1. The minimum Gasteiger partial charge on any atom is -0.439 e. The third-order valence-electron chi connectivity index (χ3n) is 2.88. The van der Waals surface area contributed by atoms with Gasteiger partial charge in [0.25, 0.3) is 0 Å². The SMILES string of the molecule is CS(=O)(=O)Cc1cc(Br)c2oc(C3CC3)nc2c1. The fourth-order valence-corrected chi connectivity index (χ4v) is 3.30. The molecule has 1 aliphatic rings. The Morgan fingerprint density at radius 1 is 1.44 bits per heavy atom. The highest BCUT2D eigenvalue weighted by atomic mass is 79.9. The Morgan fingerprint density at radius 3 is 2.78 bits per heavy atom. The number of sulfone groups is 1. The van der Waals surface area contributed by atoms with E-state index >= 15 is 0 Å². The number of benzene rings is 1. The molecule has 0 unspecified atom stereocenters. The van der Waals surface area contributed by atoms with Crippen LogP contribution in [-0.2, 0) is 15.6 Å². The van der Waals surface area contributed by atoms with Crippen molar-refractivity contribution < 1.29 is 12.8 Å². The Labute approximate surface area is 113 Å². The van der Waals surface area contributed by atoms with E-state index in [1.807, 2.05) is 0 Å². The Bertz CT molecular complexity index is 716. The van der Waals surface area contributed by atoms with E-state index in [9.17, 15) is 8.42 Å². The maximum Gasteiger partial charge on any atom is 0.198 e. The first-order valence-corrected chi connectivity index (χ1v) is 8.54. The number of aromatic nitrogens is 1. The van der Waals surface area contributed by atoms with Gasteiger partial charge in [-0.15, -0.1) is 0 Å². The fourth-order valence-electron chi connectivity index (χ4n) is 1.95. The third-order valence-corrected chi connectivity index (χ3v) is 4.32. The van der Waals surface area contributed by atoms with Gasteiger partial charge < -0.3 is 4.42 Å². The van der Waals surface area contributed by atoms with Crippen LogP contribution in [0.4, 0.5) is 0 Å². The van der Waals surface area contributed by atoms with Gasteiger partial charge >= 0.3 is 0 Å². The minimum absolute atomic E-state index is 0.0210. The van der Waals surface area contributed by atoms with Crippen LogP contribution < -0.4 is 0 Å². The van der Waals surface area contributed by atoms with Crippen molar-refractivity contribution in [2.75, 3.05) is 6.26 Å². The molecule has 18 heavy (non-hydrogen) atoms. The summed E-state index contributed by atoms with van der Waals surface area (Å²) in [5.41, 5.74) is 2.16. The Hall–Kier alpha value is -0.880. The Balaban J connectivity index is 2.08. The van der Waals surface area contributed by atoms with Gasteiger partial charge in [0.2, 0.25) is 0 Å². The molecule has 1 saturated carbocycles. The molecule has 1 heterocycles. The van der Waals surface area contributed by atoms with Crippen LogP contribution >= 0.6 is 15.9 Å². The zero-order valence-electron chi connectivity index (χ0n) is 9.81. The van der Waals surface area contributed by atoms with E-state index in [0.717, 1.165) is 34.3 Å². The van der Waals surface area contributed by atoms with Gasteiger partial charge in [-0.2, -0.15) is 0 Å². The van der Waals surface area contributed by atoms with Gasteiger partial charge in [0.1, 0.15) is 5.52 Å². The summed E-state index contributed by atoms with van der Waals surface area (Å²) in [7, 11) is -3.04. The van der Waals surface area contributed by atoms with E-state index in [0.29, 0.717) is 11.5 Å². The van der Waals surface area contributed by atoms with Crippen LogP contribution in [0.3, 0.4) is 0 Å². The molecule has 96 valence electrons. The molecule has 1 aromatic heterocycles. The summed E-state index contributed by atoms with van der Waals surface area (Å²) in [5.74, 6) is 1.23. The summed E-state index contributed by atoms with van der Waals surface area (Å²) in [6, 6.07) is 3.57. The largest absolute Gasteiger partial charge is 0.439 e. The van der Waals surface area contributed by atoms with Gasteiger partial charge in [0, 0.05) is 12.2 Å². The normalized spacial score (nSPS) is 16.3. The van der Waals surface area contributed by atoms with E-state index in [1.165, 1.54) is 6.26 Å². The molecule has 0 spiro atoms. The maximum absolute atomic E-state index is 11.3. The van der Waals surface area contributed by atoms with Crippen LogP contribution in [-0.4, -0.2) is 19.7 Å². The smallest absolute Gasteiger partial charge is 0.198 e. The van der Waals surface area contributed by atoms with Crippen molar-refractivity contribution in [2.24, 2.45) is 0 Å². The first kappa shape index (κ1) is 12.2. The first-order chi connectivity index (χ1) is 8.42. The molecule has 2 aromatic rings. The second-order valence-corrected chi connectivity index (χ2v) is 7.82. The summed E-state index contributed by atoms with van der Waals surface area (Å²) in [6.45, 7) is 0. The number of hydrogen-bond acceptors (Lipinski definition) is 4. The molecule has 3 rings (SSSR count). The maximum atomic E-state index is 11.3. The zero-order valence-corrected chi connectivity index (χ0v) is 12.2. The summed E-state index contributed by atoms with van der Waals surface area (Å²) in [6.07, 6.45) is 3.48. The van der Waals surface area contributed by atoms with Gasteiger partial charge in [-0.1, -0.05) is 0 Å². The van der Waals surface area contributed by atoms with Gasteiger partial charge in [-0.05, 0) is 46.5 Å². The molecule has 0 N–H and O–H groups in total. The zero-order chi connectivity index (χ0) is 12.9. The van der Waals surface area contributed by atoms with Crippen molar-refractivity contribution in [3.63, 3.8) is 0 Å². The number of fused-ring (bicyclic) bond motifs is 1. The van der Waals surface area contributed by atoms with E-state index in [-0.39, 0.29) is 5.75 Å². The van der Waals surface area contributed by atoms with Crippen LogP contribution in [0.25, 0.3) is 11.1 Å². The third kappa shape index (κ3) is 2.44. The van der Waals surface area contributed by atoms with Crippen LogP contribution in [0.5, 0.6) is 0 Å². The van der Waals surface area contributed by atoms with Crippen molar-refractivity contribution in [2.45, 2.75) is 24.5 Å². The highest BCUT2D eigenvalue weighted by Gasteiger charge is 2.29. The lowest BCUT2D eigenvalue weighted by Crippen LogP contribution is -2.00. The topological polar surface area (TPSA) is 60.2 Å². The molecule has 0 atom stereocenters. The molecule has 0 aliphatic heterocycles. The average molecular weight is 330 g/mol. The molecule has 1 aromatic carbocycles. The molecule has 1 fully saturated rings. The van der Waals surface area contributed by atoms with E-state index in [4.69, 9.17) is 4.42 Å². The Kier molecular flexibility index (Phi) is 2.75. The fraction of sp³-hybridized carbons (Fsp3) is 0.417. The van der Waals surface area contributed by atoms with Gasteiger partial charge in [0.05, 0.1) is 10.2 Å². The average Bonchev–Trinajstić information content (AvgIpc) is 2.97. The molecule has 1 aliphatic carbocycles. The van der Waals surface area contributed by atoms with Crippen LogP contribution in [0.2, 0.25) is 0 Å². The molecule has 0 amide bonds. The molecular weight excluding hydrogens is 318 g/mol. The minimum atomic E-state index is -3.04. The monoisotopic (exact) mass is 329 g/mol. The van der Waals surface area contributed by atoms with Crippen molar-refractivity contribution in [3.8, 4) is 0 Å². The molecule has 0 radical (unpaired) electrons. The van der Waals surface area contributed by atoms with Crippen LogP contribution in [0.1, 0.15) is 30.2 Å². The molecule has 6 heteroatoms. The quantitative estimate of drug-likeness (QED) is 0.868. The summed E-state index contributed by atoms with van der Waals surface area (Å²) >= 11 is 3.41. The van der Waals surface area contributed by atoms with Crippen molar-refractivity contribution in [1.82, 2.24) is 4.98 Å². The molecule has 4 nitrogen and oxygen atoms in total. The standard InChI is InChI=1S/C12H12BrNO3S/c1-18(15,16)6-7-4-9(13)11-10(5-7)14-12(17-11)8-2-3-8/h4-5,8H,2-3,6H2,1H3. The number of hydrogen-bond donors (Lipinski definition) is 0.